The van der Waals surface area contributed by atoms with Gasteiger partial charge in [-0.05, 0) is 63.4 Å². The lowest BCUT2D eigenvalue weighted by Crippen LogP contribution is -2.10. The van der Waals surface area contributed by atoms with E-state index in [1.54, 1.807) is 0 Å². The molecule has 0 saturated heterocycles. The summed E-state index contributed by atoms with van der Waals surface area (Å²) >= 11 is 0. The van der Waals surface area contributed by atoms with Crippen molar-refractivity contribution < 1.29 is 0 Å². The van der Waals surface area contributed by atoms with E-state index in [2.05, 4.69) is 48.7 Å². The molecule has 0 atom stereocenters. The zero-order valence-corrected chi connectivity index (χ0v) is 12.9. The van der Waals surface area contributed by atoms with Gasteiger partial charge in [0.1, 0.15) is 11.6 Å². The lowest BCUT2D eigenvalue weighted by molar-refractivity contribution is 0.826. The molecule has 2 rings (SSSR count). The van der Waals surface area contributed by atoms with Gasteiger partial charge in [-0.25, -0.2) is 15.0 Å². The van der Waals surface area contributed by atoms with E-state index in [-0.39, 0.29) is 0 Å². The summed E-state index contributed by atoms with van der Waals surface area (Å²) in [5.74, 6) is 2.28. The molecule has 106 valence electrons. The van der Waals surface area contributed by atoms with Gasteiger partial charge in [-0.15, -0.1) is 0 Å². The van der Waals surface area contributed by atoms with Crippen molar-refractivity contribution >= 4 is 0 Å². The molecule has 0 aliphatic rings. The highest BCUT2D eigenvalue weighted by Gasteiger charge is 2.14. The van der Waals surface area contributed by atoms with E-state index in [9.17, 15) is 0 Å². The number of hydrogen-bond acceptors (Lipinski definition) is 4. The summed E-state index contributed by atoms with van der Waals surface area (Å²) in [4.78, 5) is 13.5. The maximum atomic E-state index is 5.61. The lowest BCUT2D eigenvalue weighted by atomic mass is 9.94. The van der Waals surface area contributed by atoms with Gasteiger partial charge in [0.15, 0.2) is 5.82 Å². The smallest absolute Gasteiger partial charge is 0.163 e. The van der Waals surface area contributed by atoms with Crippen LogP contribution in [0.15, 0.2) is 6.07 Å². The molecule has 4 nitrogen and oxygen atoms in total. The Morgan fingerprint density at radius 2 is 1.50 bits per heavy atom. The van der Waals surface area contributed by atoms with Gasteiger partial charge in [0.25, 0.3) is 0 Å². The first-order valence-electron chi connectivity index (χ1n) is 6.93. The zero-order valence-electron chi connectivity index (χ0n) is 12.9. The molecular weight excluding hydrogens is 248 g/mol. The first kappa shape index (κ1) is 14.6. The fourth-order valence-electron chi connectivity index (χ4n) is 2.44. The van der Waals surface area contributed by atoms with Gasteiger partial charge in [0.2, 0.25) is 0 Å². The summed E-state index contributed by atoms with van der Waals surface area (Å²) in [7, 11) is 0. The maximum Gasteiger partial charge on any atom is 0.163 e. The molecule has 4 heteroatoms. The molecular formula is C16H22N4. The van der Waals surface area contributed by atoms with E-state index in [0.29, 0.717) is 13.0 Å². The normalized spacial score (nSPS) is 10.9. The van der Waals surface area contributed by atoms with Gasteiger partial charge < -0.3 is 5.73 Å². The van der Waals surface area contributed by atoms with Crippen molar-refractivity contribution in [2.45, 2.75) is 41.0 Å². The van der Waals surface area contributed by atoms with Crippen LogP contribution in [0.2, 0.25) is 0 Å². The van der Waals surface area contributed by atoms with Gasteiger partial charge in [-0.3, -0.25) is 0 Å². The van der Waals surface area contributed by atoms with Crippen LogP contribution in [0.25, 0.3) is 11.4 Å². The first-order chi connectivity index (χ1) is 9.43. The lowest BCUT2D eigenvalue weighted by Gasteiger charge is -2.15. The number of aryl methyl sites for hydroxylation is 3. The van der Waals surface area contributed by atoms with Gasteiger partial charge in [0.05, 0.1) is 0 Å². The van der Waals surface area contributed by atoms with E-state index in [0.717, 1.165) is 23.0 Å². The molecule has 2 aromatic rings. The standard InChI is InChI=1S/C16H22N4/c1-9-8-10(2)12(4)15(11(9)3)16-19-13(5)18-14(20-16)6-7-17/h8H,6-7,17H2,1-5H3. The summed E-state index contributed by atoms with van der Waals surface area (Å²) in [6.07, 6.45) is 0.680. The number of nitrogens with zero attached hydrogens (tertiary/aromatic N) is 3. The van der Waals surface area contributed by atoms with Crippen molar-refractivity contribution in [3.05, 3.63) is 40.0 Å². The summed E-state index contributed by atoms with van der Waals surface area (Å²) in [5.41, 5.74) is 11.7. The molecule has 0 spiro atoms. The van der Waals surface area contributed by atoms with Gasteiger partial charge in [-0.1, -0.05) is 6.07 Å². The van der Waals surface area contributed by atoms with Crippen molar-refractivity contribution in [3.63, 3.8) is 0 Å². The second-order valence-electron chi connectivity index (χ2n) is 5.30. The molecule has 1 aromatic heterocycles. The Bertz CT molecular complexity index is 621. The fraction of sp³-hybridized carbons (Fsp3) is 0.438. The molecule has 1 aromatic carbocycles. The Balaban J connectivity index is 2.68. The van der Waals surface area contributed by atoms with Crippen molar-refractivity contribution in [1.82, 2.24) is 15.0 Å². The molecule has 0 bridgehead atoms. The molecule has 1 heterocycles. The van der Waals surface area contributed by atoms with Crippen LogP contribution in [0.5, 0.6) is 0 Å². The average molecular weight is 270 g/mol. The Morgan fingerprint density at radius 3 is 2.05 bits per heavy atom. The largest absolute Gasteiger partial charge is 0.330 e. The third-order valence-electron chi connectivity index (χ3n) is 3.75. The van der Waals surface area contributed by atoms with Crippen LogP contribution >= 0.6 is 0 Å². The van der Waals surface area contributed by atoms with Crippen LogP contribution in [0.3, 0.4) is 0 Å². The Morgan fingerprint density at radius 1 is 0.900 bits per heavy atom. The van der Waals surface area contributed by atoms with E-state index >= 15 is 0 Å². The van der Waals surface area contributed by atoms with Gasteiger partial charge in [-0.2, -0.15) is 0 Å². The van der Waals surface area contributed by atoms with Crippen LogP contribution in [0.4, 0.5) is 0 Å². The highest BCUT2D eigenvalue weighted by molar-refractivity contribution is 5.68. The van der Waals surface area contributed by atoms with Crippen LogP contribution in [-0.2, 0) is 6.42 Å². The summed E-state index contributed by atoms with van der Waals surface area (Å²) < 4.78 is 0. The first-order valence-corrected chi connectivity index (χ1v) is 6.93. The predicted molar refractivity (Wildman–Crippen MR) is 81.7 cm³/mol. The number of nitrogens with two attached hydrogens (primary N) is 1. The average Bonchev–Trinajstić information content (AvgIpc) is 2.36. The van der Waals surface area contributed by atoms with E-state index < -0.39 is 0 Å². The van der Waals surface area contributed by atoms with Crippen LogP contribution in [-0.4, -0.2) is 21.5 Å². The minimum Gasteiger partial charge on any atom is -0.330 e. The zero-order chi connectivity index (χ0) is 14.9. The van der Waals surface area contributed by atoms with E-state index in [4.69, 9.17) is 5.73 Å². The molecule has 0 fully saturated rings. The Hall–Kier alpha value is -1.81. The van der Waals surface area contributed by atoms with Crippen molar-refractivity contribution in [2.75, 3.05) is 6.54 Å². The third-order valence-corrected chi connectivity index (χ3v) is 3.75. The Kier molecular flexibility index (Phi) is 4.14. The Labute approximate surface area is 120 Å². The molecule has 0 unspecified atom stereocenters. The SMILES string of the molecule is Cc1nc(CCN)nc(-c2c(C)c(C)cc(C)c2C)n1. The number of rotatable bonds is 3. The van der Waals surface area contributed by atoms with Crippen molar-refractivity contribution in [3.8, 4) is 11.4 Å². The fourth-order valence-corrected chi connectivity index (χ4v) is 2.44. The molecule has 0 saturated carbocycles. The molecule has 0 radical (unpaired) electrons. The van der Waals surface area contributed by atoms with Crippen molar-refractivity contribution in [2.24, 2.45) is 5.73 Å². The predicted octanol–water partition coefficient (Wildman–Crippen LogP) is 2.58. The molecule has 0 aliphatic carbocycles. The number of hydrogen-bond donors (Lipinski definition) is 1. The molecule has 2 N–H and O–H groups in total. The van der Waals surface area contributed by atoms with E-state index in [1.165, 1.54) is 22.3 Å². The van der Waals surface area contributed by atoms with Crippen LogP contribution in [0, 0.1) is 34.6 Å². The number of benzene rings is 1. The van der Waals surface area contributed by atoms with Gasteiger partial charge >= 0.3 is 0 Å². The monoisotopic (exact) mass is 270 g/mol. The summed E-state index contributed by atoms with van der Waals surface area (Å²) in [6.45, 7) is 10.9. The van der Waals surface area contributed by atoms with Crippen molar-refractivity contribution in [1.29, 1.82) is 0 Å². The number of aromatic nitrogens is 3. The van der Waals surface area contributed by atoms with Crippen LogP contribution in [0.1, 0.15) is 33.9 Å². The quantitative estimate of drug-likeness (QED) is 0.931. The summed E-state index contributed by atoms with van der Waals surface area (Å²) in [6, 6.07) is 2.21. The van der Waals surface area contributed by atoms with Crippen LogP contribution < -0.4 is 5.73 Å². The molecule has 20 heavy (non-hydrogen) atoms. The van der Waals surface area contributed by atoms with Gasteiger partial charge in [0, 0.05) is 12.0 Å². The minimum absolute atomic E-state index is 0.549. The highest BCUT2D eigenvalue weighted by Crippen LogP contribution is 2.29. The third kappa shape index (κ3) is 2.70. The second-order valence-corrected chi connectivity index (χ2v) is 5.30. The highest BCUT2D eigenvalue weighted by atomic mass is 15.0. The maximum absolute atomic E-state index is 5.61. The second kappa shape index (κ2) is 5.67. The molecule has 0 aliphatic heterocycles. The topological polar surface area (TPSA) is 64.7 Å². The molecule has 0 amide bonds. The minimum atomic E-state index is 0.549. The summed E-state index contributed by atoms with van der Waals surface area (Å²) in [5, 5.41) is 0. The van der Waals surface area contributed by atoms with E-state index in [1.807, 2.05) is 6.92 Å².